The second-order valence-corrected chi connectivity index (χ2v) is 6.69. The lowest BCUT2D eigenvalue weighted by Gasteiger charge is -2.25. The van der Waals surface area contributed by atoms with Crippen molar-refractivity contribution in [3.8, 4) is 0 Å². The Bertz CT molecular complexity index is 658. The largest absolute Gasteiger partial charge is 0.467 e. The van der Waals surface area contributed by atoms with Gasteiger partial charge in [-0.2, -0.15) is 8.78 Å². The molecule has 0 fully saturated rings. The molecular formula is C18H23F2NO6. The first-order valence-corrected chi connectivity index (χ1v) is 8.11. The standard InChI is InChI=1S/C18H23F2NO6/c1-17(2,3)27-15(23)18(19,20)10-13(14(22)25-4)21-16(24)26-11-12-8-6-5-7-9-12/h5-9,13H,10-11H2,1-4H3,(H,21,24)/t13-/m1/s1. The molecule has 7 nitrogen and oxygen atoms in total. The molecule has 0 bridgehead atoms. The van der Waals surface area contributed by atoms with Crippen LogP contribution in [0.15, 0.2) is 30.3 Å². The normalized spacial score (nSPS) is 12.7. The zero-order valence-electron chi connectivity index (χ0n) is 15.6. The van der Waals surface area contributed by atoms with E-state index in [0.29, 0.717) is 5.56 Å². The third-order valence-electron chi connectivity index (χ3n) is 3.15. The molecule has 0 spiro atoms. The van der Waals surface area contributed by atoms with Crippen LogP contribution in [0.1, 0.15) is 32.8 Å². The van der Waals surface area contributed by atoms with Crippen LogP contribution in [-0.4, -0.2) is 42.7 Å². The van der Waals surface area contributed by atoms with E-state index in [1.54, 1.807) is 30.3 Å². The Morgan fingerprint density at radius 2 is 1.70 bits per heavy atom. The van der Waals surface area contributed by atoms with Crippen LogP contribution in [0.25, 0.3) is 0 Å². The fourth-order valence-corrected chi connectivity index (χ4v) is 1.94. The molecule has 0 saturated heterocycles. The topological polar surface area (TPSA) is 90.9 Å². The molecule has 1 aromatic rings. The summed E-state index contributed by atoms with van der Waals surface area (Å²) in [7, 11) is 0.970. The molecule has 27 heavy (non-hydrogen) atoms. The number of nitrogens with one attached hydrogen (secondary N) is 1. The van der Waals surface area contributed by atoms with Gasteiger partial charge in [0, 0.05) is 0 Å². The zero-order valence-corrected chi connectivity index (χ0v) is 15.6. The first kappa shape index (κ1) is 22.3. The smallest absolute Gasteiger partial charge is 0.408 e. The van der Waals surface area contributed by atoms with E-state index in [1.807, 2.05) is 5.32 Å². The minimum Gasteiger partial charge on any atom is -0.467 e. The summed E-state index contributed by atoms with van der Waals surface area (Å²) >= 11 is 0. The van der Waals surface area contributed by atoms with Gasteiger partial charge in [-0.05, 0) is 26.3 Å². The predicted octanol–water partition coefficient (Wildman–Crippen LogP) is 2.82. The summed E-state index contributed by atoms with van der Waals surface area (Å²) in [6, 6.07) is 6.84. The number of alkyl carbamates (subject to hydrolysis) is 1. The van der Waals surface area contributed by atoms with Crippen molar-refractivity contribution in [1.29, 1.82) is 0 Å². The zero-order chi connectivity index (χ0) is 20.7. The summed E-state index contributed by atoms with van der Waals surface area (Å²) in [5.74, 6) is -6.96. The molecule has 0 radical (unpaired) electrons. The van der Waals surface area contributed by atoms with Crippen LogP contribution in [0, 0.1) is 0 Å². The molecule has 0 unspecified atom stereocenters. The number of esters is 2. The minimum absolute atomic E-state index is 0.122. The van der Waals surface area contributed by atoms with Gasteiger partial charge >= 0.3 is 24.0 Å². The van der Waals surface area contributed by atoms with E-state index < -0.39 is 42.0 Å². The van der Waals surface area contributed by atoms with Crippen molar-refractivity contribution in [3.63, 3.8) is 0 Å². The Morgan fingerprint density at radius 3 is 2.22 bits per heavy atom. The molecule has 1 aromatic carbocycles. The van der Waals surface area contributed by atoms with Crippen molar-refractivity contribution in [2.24, 2.45) is 0 Å². The van der Waals surface area contributed by atoms with Gasteiger partial charge in [0.05, 0.1) is 13.5 Å². The van der Waals surface area contributed by atoms with E-state index in [0.717, 1.165) is 7.11 Å². The summed E-state index contributed by atoms with van der Waals surface area (Å²) in [4.78, 5) is 35.2. The van der Waals surface area contributed by atoms with Gasteiger partial charge in [0.1, 0.15) is 18.2 Å². The Hall–Kier alpha value is -2.71. The molecule has 150 valence electrons. The highest BCUT2D eigenvalue weighted by Gasteiger charge is 2.46. The number of carbonyl (C=O) groups excluding carboxylic acids is 3. The SMILES string of the molecule is COC(=O)[C@@H](CC(F)(F)C(=O)OC(C)(C)C)NC(=O)OCc1ccccc1. The maximum atomic E-state index is 14.1. The van der Waals surface area contributed by atoms with Crippen LogP contribution in [-0.2, 0) is 30.4 Å². The molecule has 0 aliphatic heterocycles. The second kappa shape index (κ2) is 9.29. The van der Waals surface area contributed by atoms with Crippen molar-refractivity contribution >= 4 is 18.0 Å². The van der Waals surface area contributed by atoms with Crippen LogP contribution in [0.2, 0.25) is 0 Å². The van der Waals surface area contributed by atoms with E-state index in [9.17, 15) is 23.2 Å². The molecule has 0 aliphatic carbocycles. The molecular weight excluding hydrogens is 364 g/mol. The van der Waals surface area contributed by atoms with Gasteiger partial charge in [-0.1, -0.05) is 30.3 Å². The predicted molar refractivity (Wildman–Crippen MR) is 91.0 cm³/mol. The van der Waals surface area contributed by atoms with Crippen molar-refractivity contribution in [1.82, 2.24) is 5.32 Å². The average Bonchev–Trinajstić information content (AvgIpc) is 2.58. The Kier molecular flexibility index (Phi) is 7.68. The molecule has 1 N–H and O–H groups in total. The van der Waals surface area contributed by atoms with Crippen molar-refractivity contribution in [3.05, 3.63) is 35.9 Å². The molecule has 0 aromatic heterocycles. The van der Waals surface area contributed by atoms with E-state index >= 15 is 0 Å². The molecule has 1 atom stereocenters. The summed E-state index contributed by atoms with van der Waals surface area (Å²) in [6.45, 7) is 4.16. The summed E-state index contributed by atoms with van der Waals surface area (Å²) in [5.41, 5.74) is -0.468. The molecule has 0 saturated carbocycles. The molecule has 1 rings (SSSR count). The number of methoxy groups -OCH3 is 1. The van der Waals surface area contributed by atoms with Gasteiger partial charge in [-0.25, -0.2) is 14.4 Å². The highest BCUT2D eigenvalue weighted by molar-refractivity contribution is 5.84. The highest BCUT2D eigenvalue weighted by atomic mass is 19.3. The molecule has 0 aliphatic rings. The fraction of sp³-hybridized carbons (Fsp3) is 0.500. The number of hydrogen-bond acceptors (Lipinski definition) is 6. The van der Waals surface area contributed by atoms with Crippen molar-refractivity contribution in [2.45, 2.75) is 51.4 Å². The number of halogens is 2. The number of benzene rings is 1. The van der Waals surface area contributed by atoms with E-state index in [2.05, 4.69) is 9.47 Å². The third-order valence-corrected chi connectivity index (χ3v) is 3.15. The van der Waals surface area contributed by atoms with E-state index in [-0.39, 0.29) is 6.61 Å². The number of hydrogen-bond donors (Lipinski definition) is 1. The maximum absolute atomic E-state index is 14.1. The molecule has 1 amide bonds. The maximum Gasteiger partial charge on any atom is 0.408 e. The number of carbonyl (C=O) groups is 3. The average molecular weight is 387 g/mol. The molecule has 0 heterocycles. The van der Waals surface area contributed by atoms with Gasteiger partial charge in [0.15, 0.2) is 0 Å². The lowest BCUT2D eigenvalue weighted by atomic mass is 10.1. The van der Waals surface area contributed by atoms with Gasteiger partial charge in [0.2, 0.25) is 0 Å². The van der Waals surface area contributed by atoms with Crippen LogP contribution in [0.4, 0.5) is 13.6 Å². The van der Waals surface area contributed by atoms with E-state index in [4.69, 9.17) is 4.74 Å². The van der Waals surface area contributed by atoms with Gasteiger partial charge in [-0.3, -0.25) is 0 Å². The highest BCUT2D eigenvalue weighted by Crippen LogP contribution is 2.25. The monoisotopic (exact) mass is 387 g/mol. The summed E-state index contributed by atoms with van der Waals surface area (Å²) < 4.78 is 42.2. The van der Waals surface area contributed by atoms with Crippen LogP contribution < -0.4 is 5.32 Å². The van der Waals surface area contributed by atoms with E-state index in [1.165, 1.54) is 20.8 Å². The lowest BCUT2D eigenvalue weighted by Crippen LogP contribution is -2.48. The number of alkyl halides is 2. The first-order valence-electron chi connectivity index (χ1n) is 8.11. The van der Waals surface area contributed by atoms with Gasteiger partial charge in [0.25, 0.3) is 0 Å². The number of amides is 1. The van der Waals surface area contributed by atoms with Crippen LogP contribution in [0.3, 0.4) is 0 Å². The Balaban J connectivity index is 2.73. The van der Waals surface area contributed by atoms with Crippen molar-refractivity contribution < 1.29 is 37.4 Å². The van der Waals surface area contributed by atoms with Gasteiger partial charge in [-0.15, -0.1) is 0 Å². The quantitative estimate of drug-likeness (QED) is 0.572. The van der Waals surface area contributed by atoms with Crippen LogP contribution in [0.5, 0.6) is 0 Å². The molecule has 9 heteroatoms. The summed E-state index contributed by atoms with van der Waals surface area (Å²) in [6.07, 6.45) is -2.43. The number of ether oxygens (including phenoxy) is 3. The van der Waals surface area contributed by atoms with Gasteiger partial charge < -0.3 is 19.5 Å². The van der Waals surface area contributed by atoms with Crippen LogP contribution >= 0.6 is 0 Å². The third kappa shape index (κ3) is 8.02. The number of rotatable bonds is 7. The minimum atomic E-state index is -4.02. The van der Waals surface area contributed by atoms with Crippen molar-refractivity contribution in [2.75, 3.05) is 7.11 Å². The Morgan fingerprint density at radius 1 is 1.11 bits per heavy atom. The first-order chi connectivity index (χ1) is 12.4. The lowest BCUT2D eigenvalue weighted by molar-refractivity contribution is -0.186. The Labute approximate surface area is 156 Å². The second-order valence-electron chi connectivity index (χ2n) is 6.69. The fourth-order valence-electron chi connectivity index (χ4n) is 1.94. The summed E-state index contributed by atoms with van der Waals surface area (Å²) in [5, 5.41) is 1.99.